The number of hydrogen-bond acceptors (Lipinski definition) is 3. The number of hydrogen-bond donors (Lipinski definition) is 1. The summed E-state index contributed by atoms with van der Waals surface area (Å²) in [5.74, 6) is -1.34. The fourth-order valence-corrected chi connectivity index (χ4v) is 1.26. The van der Waals surface area contributed by atoms with Crippen LogP contribution in [0.3, 0.4) is 0 Å². The summed E-state index contributed by atoms with van der Waals surface area (Å²) in [6.45, 7) is 7.07. The Morgan fingerprint density at radius 3 is 1.76 bits per heavy atom. The van der Waals surface area contributed by atoms with Crippen molar-refractivity contribution in [3.8, 4) is 0 Å². The minimum atomic E-state index is -0.815. The lowest BCUT2D eigenvalue weighted by Gasteiger charge is -2.16. The van der Waals surface area contributed by atoms with Gasteiger partial charge in [-0.1, -0.05) is 20.3 Å². The highest BCUT2D eigenvalue weighted by Crippen LogP contribution is 2.02. The molecule has 2 amide bonds. The first-order valence-corrected chi connectivity index (χ1v) is 5.95. The maximum absolute atomic E-state index is 11.0. The van der Waals surface area contributed by atoms with Gasteiger partial charge in [-0.3, -0.25) is 19.3 Å². The molecule has 0 atom stereocenters. The number of rotatable bonds is 6. The number of carboxylic acid groups (broad SMARTS) is 1. The molecule has 5 heteroatoms. The third-order valence-electron chi connectivity index (χ3n) is 2.03. The normalized spacial score (nSPS) is 8.94. The molecule has 0 rings (SSSR count). The van der Waals surface area contributed by atoms with E-state index in [4.69, 9.17) is 5.11 Å². The third-order valence-corrected chi connectivity index (χ3v) is 2.03. The van der Waals surface area contributed by atoms with Crippen LogP contribution in [0, 0.1) is 0 Å². The minimum absolute atomic E-state index is 0.139. The molecule has 0 aliphatic heterocycles. The molecule has 0 aromatic carbocycles. The van der Waals surface area contributed by atoms with E-state index in [1.807, 2.05) is 13.8 Å². The van der Waals surface area contributed by atoms with E-state index in [-0.39, 0.29) is 18.2 Å². The molecule has 5 nitrogen and oxygen atoms in total. The van der Waals surface area contributed by atoms with Gasteiger partial charge < -0.3 is 5.11 Å². The summed E-state index contributed by atoms with van der Waals surface area (Å²) in [6, 6.07) is 0. The molecule has 0 aliphatic rings. The smallest absolute Gasteiger partial charge is 0.303 e. The predicted molar refractivity (Wildman–Crippen MR) is 65.5 cm³/mol. The first kappa shape index (κ1) is 18.0. The molecule has 0 heterocycles. The molecule has 0 saturated heterocycles. The average Bonchev–Trinajstić information content (AvgIpc) is 2.24. The summed E-state index contributed by atoms with van der Waals surface area (Å²) < 4.78 is 0. The van der Waals surface area contributed by atoms with E-state index < -0.39 is 5.97 Å². The van der Waals surface area contributed by atoms with Crippen LogP contribution in [0.4, 0.5) is 0 Å². The van der Waals surface area contributed by atoms with Crippen LogP contribution in [0.15, 0.2) is 0 Å². The highest BCUT2D eigenvalue weighted by Gasteiger charge is 2.12. The van der Waals surface area contributed by atoms with Crippen molar-refractivity contribution in [1.82, 2.24) is 4.90 Å². The first-order valence-electron chi connectivity index (χ1n) is 5.95. The fourth-order valence-electron chi connectivity index (χ4n) is 1.26. The van der Waals surface area contributed by atoms with Gasteiger partial charge in [0.2, 0.25) is 11.8 Å². The zero-order valence-corrected chi connectivity index (χ0v) is 11.2. The van der Waals surface area contributed by atoms with Crippen LogP contribution < -0.4 is 0 Å². The van der Waals surface area contributed by atoms with Crippen molar-refractivity contribution in [2.75, 3.05) is 6.54 Å². The standard InChI is InChI=1S/C10H17NO4.C2H6/c1-8(12)11(9(2)13)7-5-3-4-6-10(14)15;1-2/h3-7H2,1-2H3,(H,14,15);1-2H3. The monoisotopic (exact) mass is 245 g/mol. The van der Waals surface area contributed by atoms with Gasteiger partial charge in [-0.05, 0) is 12.8 Å². The lowest BCUT2D eigenvalue weighted by atomic mass is 10.2. The van der Waals surface area contributed by atoms with E-state index in [1.165, 1.54) is 18.7 Å². The maximum atomic E-state index is 11.0. The number of carboxylic acids is 1. The molecule has 17 heavy (non-hydrogen) atoms. The molecule has 0 aliphatic carbocycles. The van der Waals surface area contributed by atoms with E-state index in [2.05, 4.69) is 0 Å². The Morgan fingerprint density at radius 1 is 0.941 bits per heavy atom. The van der Waals surface area contributed by atoms with Gasteiger partial charge in [0.25, 0.3) is 0 Å². The Bertz CT molecular complexity index is 237. The quantitative estimate of drug-likeness (QED) is 0.727. The molecule has 0 fully saturated rings. The Balaban J connectivity index is 0. The van der Waals surface area contributed by atoms with Gasteiger partial charge in [0.05, 0.1) is 0 Å². The van der Waals surface area contributed by atoms with Gasteiger partial charge in [0.15, 0.2) is 0 Å². The molecule has 0 saturated carbocycles. The van der Waals surface area contributed by atoms with Crippen LogP contribution in [0.5, 0.6) is 0 Å². The zero-order chi connectivity index (χ0) is 13.8. The molecule has 0 bridgehead atoms. The van der Waals surface area contributed by atoms with E-state index >= 15 is 0 Å². The summed E-state index contributed by atoms with van der Waals surface area (Å²) in [5, 5.41) is 8.38. The Kier molecular flexibility index (Phi) is 11.8. The summed E-state index contributed by atoms with van der Waals surface area (Å²) in [7, 11) is 0. The number of carbonyl (C=O) groups excluding carboxylic acids is 2. The lowest BCUT2D eigenvalue weighted by molar-refractivity contribution is -0.142. The van der Waals surface area contributed by atoms with Gasteiger partial charge in [0.1, 0.15) is 0 Å². The van der Waals surface area contributed by atoms with E-state index in [1.54, 1.807) is 0 Å². The van der Waals surface area contributed by atoms with Crippen molar-refractivity contribution in [3.05, 3.63) is 0 Å². The fraction of sp³-hybridized carbons (Fsp3) is 0.750. The summed E-state index contributed by atoms with van der Waals surface area (Å²) in [5.41, 5.74) is 0. The highest BCUT2D eigenvalue weighted by molar-refractivity contribution is 5.92. The number of nitrogens with zero attached hydrogens (tertiary/aromatic N) is 1. The van der Waals surface area contributed by atoms with Crippen LogP contribution >= 0.6 is 0 Å². The van der Waals surface area contributed by atoms with Crippen LogP contribution in [-0.4, -0.2) is 34.3 Å². The average molecular weight is 245 g/mol. The molecule has 0 unspecified atom stereocenters. The molecular weight excluding hydrogens is 222 g/mol. The largest absolute Gasteiger partial charge is 0.481 e. The van der Waals surface area contributed by atoms with E-state index in [0.29, 0.717) is 25.8 Å². The van der Waals surface area contributed by atoms with Crippen molar-refractivity contribution in [2.24, 2.45) is 0 Å². The van der Waals surface area contributed by atoms with Crippen molar-refractivity contribution in [3.63, 3.8) is 0 Å². The number of unbranched alkanes of at least 4 members (excludes halogenated alkanes) is 2. The van der Waals surface area contributed by atoms with Crippen molar-refractivity contribution < 1.29 is 19.5 Å². The van der Waals surface area contributed by atoms with Crippen molar-refractivity contribution in [1.29, 1.82) is 0 Å². The molecule has 0 aromatic heterocycles. The van der Waals surface area contributed by atoms with Crippen molar-refractivity contribution in [2.45, 2.75) is 53.4 Å². The second kappa shape index (κ2) is 11.1. The maximum Gasteiger partial charge on any atom is 0.303 e. The van der Waals surface area contributed by atoms with Gasteiger partial charge >= 0.3 is 5.97 Å². The van der Waals surface area contributed by atoms with Gasteiger partial charge in [-0.25, -0.2) is 0 Å². The molecular formula is C12H23NO4. The Morgan fingerprint density at radius 2 is 1.41 bits per heavy atom. The lowest BCUT2D eigenvalue weighted by Crippen LogP contribution is -2.34. The minimum Gasteiger partial charge on any atom is -0.481 e. The predicted octanol–water partition coefficient (Wildman–Crippen LogP) is 2.05. The molecule has 0 radical (unpaired) electrons. The number of amides is 2. The Labute approximate surface area is 103 Å². The van der Waals surface area contributed by atoms with Gasteiger partial charge in [0, 0.05) is 26.8 Å². The molecule has 0 spiro atoms. The number of carbonyl (C=O) groups is 3. The molecule has 0 aromatic rings. The van der Waals surface area contributed by atoms with Crippen LogP contribution in [-0.2, 0) is 14.4 Å². The third kappa shape index (κ3) is 10.9. The topological polar surface area (TPSA) is 74.7 Å². The first-order chi connectivity index (χ1) is 7.95. The second-order valence-electron chi connectivity index (χ2n) is 3.39. The van der Waals surface area contributed by atoms with E-state index in [9.17, 15) is 14.4 Å². The second-order valence-corrected chi connectivity index (χ2v) is 3.39. The van der Waals surface area contributed by atoms with Crippen molar-refractivity contribution >= 4 is 17.8 Å². The van der Waals surface area contributed by atoms with Crippen LogP contribution in [0.1, 0.15) is 53.4 Å². The summed E-state index contributed by atoms with van der Waals surface area (Å²) in [4.78, 5) is 33.3. The molecule has 100 valence electrons. The van der Waals surface area contributed by atoms with E-state index in [0.717, 1.165) is 0 Å². The van der Waals surface area contributed by atoms with Gasteiger partial charge in [-0.2, -0.15) is 0 Å². The number of aliphatic carboxylic acids is 1. The Hall–Kier alpha value is -1.39. The highest BCUT2D eigenvalue weighted by atomic mass is 16.4. The molecule has 1 N–H and O–H groups in total. The van der Waals surface area contributed by atoms with Gasteiger partial charge in [-0.15, -0.1) is 0 Å². The summed E-state index contributed by atoms with van der Waals surface area (Å²) in [6.07, 6.45) is 2.09. The SMILES string of the molecule is CC.CC(=O)N(CCCCCC(=O)O)C(C)=O. The zero-order valence-electron chi connectivity index (χ0n) is 11.2. The summed E-state index contributed by atoms with van der Waals surface area (Å²) >= 11 is 0. The number of imide groups is 1. The van der Waals surface area contributed by atoms with Crippen LogP contribution in [0.2, 0.25) is 0 Å². The van der Waals surface area contributed by atoms with Crippen LogP contribution in [0.25, 0.3) is 0 Å².